The van der Waals surface area contributed by atoms with Gasteiger partial charge in [0.1, 0.15) is 11.6 Å². The maximum Gasteiger partial charge on any atom is 0.191 e. The minimum atomic E-state index is 0.684. The molecule has 0 saturated heterocycles. The van der Waals surface area contributed by atoms with E-state index in [0.29, 0.717) is 5.02 Å². The zero-order chi connectivity index (χ0) is 14.5. The second-order valence-corrected chi connectivity index (χ2v) is 5.97. The number of hydrogen-bond donors (Lipinski definition) is 2. The second-order valence-electron chi connectivity index (χ2n) is 3.90. The predicted octanol–water partition coefficient (Wildman–Crippen LogP) is 4.79. The van der Waals surface area contributed by atoms with E-state index in [4.69, 9.17) is 11.6 Å². The van der Waals surface area contributed by atoms with E-state index in [9.17, 15) is 0 Å². The summed E-state index contributed by atoms with van der Waals surface area (Å²) in [4.78, 5) is 8.83. The van der Waals surface area contributed by atoms with Gasteiger partial charge in [0.15, 0.2) is 5.16 Å². The predicted molar refractivity (Wildman–Crippen MR) is 90.4 cm³/mol. The molecule has 7 heteroatoms. The highest BCUT2D eigenvalue weighted by atomic mass is 79.9. The first-order valence-electron chi connectivity index (χ1n) is 6.01. The Hall–Kier alpha value is -0.980. The number of rotatable bonds is 5. The number of benzene rings is 1. The number of thioether (sulfide) groups is 1. The molecule has 2 aromatic rings. The number of anilines is 3. The summed E-state index contributed by atoms with van der Waals surface area (Å²) in [5, 5.41) is 7.86. The van der Waals surface area contributed by atoms with Gasteiger partial charge in [0.2, 0.25) is 0 Å². The third-order valence-electron chi connectivity index (χ3n) is 2.44. The Morgan fingerprint density at radius 3 is 2.65 bits per heavy atom. The highest BCUT2D eigenvalue weighted by molar-refractivity contribution is 9.10. The van der Waals surface area contributed by atoms with Crippen LogP contribution >= 0.6 is 39.3 Å². The zero-order valence-electron chi connectivity index (χ0n) is 11.1. The van der Waals surface area contributed by atoms with Crippen LogP contribution in [0.2, 0.25) is 5.02 Å². The van der Waals surface area contributed by atoms with Crippen molar-refractivity contribution in [1.29, 1.82) is 0 Å². The van der Waals surface area contributed by atoms with Crippen LogP contribution in [0.15, 0.2) is 33.9 Å². The lowest BCUT2D eigenvalue weighted by molar-refractivity contribution is 0.967. The number of nitrogens with zero attached hydrogens (tertiary/aromatic N) is 2. The summed E-state index contributed by atoms with van der Waals surface area (Å²) in [6.45, 7) is 2.85. The first kappa shape index (κ1) is 15.4. The zero-order valence-corrected chi connectivity index (χ0v) is 14.2. The van der Waals surface area contributed by atoms with Crippen molar-refractivity contribution in [3.05, 3.63) is 33.8 Å². The first-order chi connectivity index (χ1) is 9.62. The first-order valence-corrected chi connectivity index (χ1v) is 8.41. The molecule has 106 valence electrons. The quantitative estimate of drug-likeness (QED) is 0.583. The molecule has 2 rings (SSSR count). The summed E-state index contributed by atoms with van der Waals surface area (Å²) in [7, 11) is 0. The molecule has 0 aliphatic rings. The van der Waals surface area contributed by atoms with Gasteiger partial charge >= 0.3 is 0 Å². The molecule has 1 heterocycles. The minimum absolute atomic E-state index is 0.684. The van der Waals surface area contributed by atoms with Gasteiger partial charge in [-0.05, 0) is 47.3 Å². The summed E-state index contributed by atoms with van der Waals surface area (Å²) in [5.41, 5.74) is 0.905. The van der Waals surface area contributed by atoms with Crippen LogP contribution in [0.3, 0.4) is 0 Å². The standard InChI is InChI=1S/C13H14BrClN4S/c1-3-16-11-7-12(19-13(18-11)20-2)17-10-5-4-8(15)6-9(10)14/h4-7H,3H2,1-2H3,(H2,16,17,18,19). The molecule has 0 atom stereocenters. The third-order valence-corrected chi connectivity index (χ3v) is 3.88. The lowest BCUT2D eigenvalue weighted by atomic mass is 10.3. The van der Waals surface area contributed by atoms with Gasteiger partial charge in [-0.25, -0.2) is 9.97 Å². The van der Waals surface area contributed by atoms with E-state index in [1.807, 2.05) is 37.4 Å². The van der Waals surface area contributed by atoms with Crippen molar-refractivity contribution < 1.29 is 0 Å². The van der Waals surface area contributed by atoms with Crippen molar-refractivity contribution >= 4 is 56.6 Å². The van der Waals surface area contributed by atoms with Crippen molar-refractivity contribution in [2.75, 3.05) is 23.4 Å². The van der Waals surface area contributed by atoms with Crippen molar-refractivity contribution in [3.63, 3.8) is 0 Å². The maximum absolute atomic E-state index is 5.94. The lowest BCUT2D eigenvalue weighted by Gasteiger charge is -2.11. The molecular formula is C13H14BrClN4S. The Labute approximate surface area is 135 Å². The molecule has 0 unspecified atom stereocenters. The van der Waals surface area contributed by atoms with Crippen LogP contribution in [0.25, 0.3) is 0 Å². The molecule has 0 amide bonds. The average Bonchev–Trinajstić information content (AvgIpc) is 2.42. The average molecular weight is 374 g/mol. The van der Waals surface area contributed by atoms with E-state index in [0.717, 1.165) is 33.5 Å². The van der Waals surface area contributed by atoms with E-state index in [-0.39, 0.29) is 0 Å². The number of hydrogen-bond acceptors (Lipinski definition) is 5. The van der Waals surface area contributed by atoms with E-state index in [1.165, 1.54) is 11.8 Å². The minimum Gasteiger partial charge on any atom is -0.370 e. The molecule has 1 aromatic carbocycles. The van der Waals surface area contributed by atoms with E-state index in [2.05, 4.69) is 36.5 Å². The summed E-state index contributed by atoms with van der Waals surface area (Å²) >= 11 is 10.9. The van der Waals surface area contributed by atoms with E-state index < -0.39 is 0 Å². The van der Waals surface area contributed by atoms with Gasteiger partial charge in [0.05, 0.1) is 5.69 Å². The van der Waals surface area contributed by atoms with Crippen molar-refractivity contribution in [2.24, 2.45) is 0 Å². The fourth-order valence-electron chi connectivity index (χ4n) is 1.58. The molecule has 0 fully saturated rings. The van der Waals surface area contributed by atoms with Gasteiger partial charge in [-0.2, -0.15) is 0 Å². The molecule has 0 spiro atoms. The maximum atomic E-state index is 5.94. The van der Waals surface area contributed by atoms with Crippen molar-refractivity contribution in [2.45, 2.75) is 12.1 Å². The Balaban J connectivity index is 2.29. The molecule has 1 aromatic heterocycles. The highest BCUT2D eigenvalue weighted by Crippen LogP contribution is 2.29. The largest absolute Gasteiger partial charge is 0.370 e. The summed E-state index contributed by atoms with van der Waals surface area (Å²) < 4.78 is 0.888. The van der Waals surface area contributed by atoms with Crippen LogP contribution in [0.1, 0.15) is 6.92 Å². The molecule has 20 heavy (non-hydrogen) atoms. The molecule has 2 N–H and O–H groups in total. The normalized spacial score (nSPS) is 10.4. The molecule has 0 aliphatic carbocycles. The number of nitrogens with one attached hydrogen (secondary N) is 2. The topological polar surface area (TPSA) is 49.8 Å². The summed E-state index contributed by atoms with van der Waals surface area (Å²) in [6, 6.07) is 7.45. The van der Waals surface area contributed by atoms with Crippen LogP contribution in [0, 0.1) is 0 Å². The van der Waals surface area contributed by atoms with Crippen LogP contribution in [0.4, 0.5) is 17.3 Å². The molecule has 0 bridgehead atoms. The lowest BCUT2D eigenvalue weighted by Crippen LogP contribution is -2.03. The van der Waals surface area contributed by atoms with Gasteiger partial charge in [0.25, 0.3) is 0 Å². The Morgan fingerprint density at radius 1 is 1.25 bits per heavy atom. The van der Waals surface area contributed by atoms with Crippen molar-refractivity contribution in [1.82, 2.24) is 9.97 Å². The Bertz CT molecular complexity index is 609. The Kier molecular flexibility index (Phi) is 5.51. The van der Waals surface area contributed by atoms with Gasteiger partial charge < -0.3 is 10.6 Å². The monoisotopic (exact) mass is 372 g/mol. The molecular weight excluding hydrogens is 360 g/mol. The molecule has 0 saturated carbocycles. The van der Waals surface area contributed by atoms with Crippen molar-refractivity contribution in [3.8, 4) is 0 Å². The SMILES string of the molecule is CCNc1cc(Nc2ccc(Cl)cc2Br)nc(SC)n1. The van der Waals surface area contributed by atoms with E-state index >= 15 is 0 Å². The van der Waals surface area contributed by atoms with Crippen LogP contribution in [-0.2, 0) is 0 Å². The molecule has 0 aliphatic heterocycles. The van der Waals surface area contributed by atoms with E-state index in [1.54, 1.807) is 0 Å². The number of aromatic nitrogens is 2. The third kappa shape index (κ3) is 4.01. The van der Waals surface area contributed by atoms with Gasteiger partial charge in [0, 0.05) is 22.1 Å². The van der Waals surface area contributed by atoms with Gasteiger partial charge in [-0.3, -0.25) is 0 Å². The van der Waals surface area contributed by atoms with Crippen LogP contribution in [0.5, 0.6) is 0 Å². The van der Waals surface area contributed by atoms with Crippen LogP contribution < -0.4 is 10.6 Å². The smallest absolute Gasteiger partial charge is 0.191 e. The number of halogens is 2. The second kappa shape index (κ2) is 7.15. The molecule has 4 nitrogen and oxygen atoms in total. The molecule has 0 radical (unpaired) electrons. The highest BCUT2D eigenvalue weighted by Gasteiger charge is 2.06. The Morgan fingerprint density at radius 2 is 2.00 bits per heavy atom. The van der Waals surface area contributed by atoms with Gasteiger partial charge in [-0.1, -0.05) is 23.4 Å². The fraction of sp³-hybridized carbons (Fsp3) is 0.231. The van der Waals surface area contributed by atoms with Gasteiger partial charge in [-0.15, -0.1) is 0 Å². The summed E-state index contributed by atoms with van der Waals surface area (Å²) in [5.74, 6) is 1.54. The summed E-state index contributed by atoms with van der Waals surface area (Å²) in [6.07, 6.45) is 1.95. The van der Waals surface area contributed by atoms with Crippen LogP contribution in [-0.4, -0.2) is 22.8 Å². The fourth-order valence-corrected chi connectivity index (χ4v) is 2.74.